The zero-order chi connectivity index (χ0) is 10.7. The maximum Gasteiger partial charge on any atom is 0.278 e. The SMILES string of the molecule is Nc1cccnc1NC(=O)c1csnn1. The summed E-state index contributed by atoms with van der Waals surface area (Å²) in [5.74, 6) is -0.0374. The Balaban J connectivity index is 2.17. The molecule has 0 spiro atoms. The fraction of sp³-hybridized carbons (Fsp3) is 0. The van der Waals surface area contributed by atoms with Crippen molar-refractivity contribution in [1.29, 1.82) is 0 Å². The minimum absolute atomic E-state index is 0.255. The summed E-state index contributed by atoms with van der Waals surface area (Å²) in [7, 11) is 0. The Kier molecular flexibility index (Phi) is 2.55. The zero-order valence-electron chi connectivity index (χ0n) is 7.54. The van der Waals surface area contributed by atoms with Crippen LogP contribution < -0.4 is 11.1 Å². The van der Waals surface area contributed by atoms with Gasteiger partial charge in [0.25, 0.3) is 5.91 Å². The molecule has 3 N–H and O–H groups in total. The van der Waals surface area contributed by atoms with E-state index in [1.54, 1.807) is 23.7 Å². The first-order valence-corrected chi connectivity index (χ1v) is 4.90. The molecule has 0 bridgehead atoms. The zero-order valence-corrected chi connectivity index (χ0v) is 8.36. The molecular formula is C8H7N5OS. The Morgan fingerprint density at radius 3 is 3.07 bits per heavy atom. The quantitative estimate of drug-likeness (QED) is 0.781. The van der Waals surface area contributed by atoms with Gasteiger partial charge in [-0.1, -0.05) is 4.49 Å². The third kappa shape index (κ3) is 2.08. The number of aromatic nitrogens is 3. The fourth-order valence-corrected chi connectivity index (χ4v) is 1.39. The number of hydrogen-bond acceptors (Lipinski definition) is 6. The van der Waals surface area contributed by atoms with E-state index in [9.17, 15) is 4.79 Å². The van der Waals surface area contributed by atoms with Crippen LogP contribution in [0.15, 0.2) is 23.7 Å². The standard InChI is InChI=1S/C8H7N5OS/c9-5-2-1-3-10-7(5)11-8(14)6-4-15-13-12-6/h1-4H,9H2,(H,10,11,14). The molecule has 0 aromatic carbocycles. The third-order valence-corrected chi connectivity index (χ3v) is 2.17. The van der Waals surface area contributed by atoms with Gasteiger partial charge in [0.05, 0.1) is 5.69 Å². The van der Waals surface area contributed by atoms with Crippen LogP contribution in [0, 0.1) is 0 Å². The van der Waals surface area contributed by atoms with E-state index < -0.39 is 0 Å². The average molecular weight is 221 g/mol. The van der Waals surface area contributed by atoms with E-state index in [4.69, 9.17) is 5.73 Å². The van der Waals surface area contributed by atoms with Gasteiger partial charge >= 0.3 is 0 Å². The molecule has 0 atom stereocenters. The highest BCUT2D eigenvalue weighted by Gasteiger charge is 2.10. The molecule has 1 amide bonds. The number of carbonyl (C=O) groups excluding carboxylic acids is 1. The highest BCUT2D eigenvalue weighted by Crippen LogP contribution is 2.13. The molecular weight excluding hydrogens is 214 g/mol. The summed E-state index contributed by atoms with van der Waals surface area (Å²) in [4.78, 5) is 15.5. The first-order valence-electron chi connectivity index (χ1n) is 4.06. The van der Waals surface area contributed by atoms with Crippen LogP contribution in [0.25, 0.3) is 0 Å². The van der Waals surface area contributed by atoms with Crippen molar-refractivity contribution >= 4 is 28.9 Å². The molecule has 0 saturated heterocycles. The van der Waals surface area contributed by atoms with E-state index in [1.165, 1.54) is 0 Å². The van der Waals surface area contributed by atoms with E-state index in [0.29, 0.717) is 11.5 Å². The minimum Gasteiger partial charge on any atom is -0.396 e. The summed E-state index contributed by atoms with van der Waals surface area (Å²) in [6, 6.07) is 3.34. The van der Waals surface area contributed by atoms with Gasteiger partial charge in [0.15, 0.2) is 11.5 Å². The highest BCUT2D eigenvalue weighted by atomic mass is 32.1. The van der Waals surface area contributed by atoms with Crippen LogP contribution in [0.1, 0.15) is 10.5 Å². The summed E-state index contributed by atoms with van der Waals surface area (Å²) in [5, 5.41) is 7.72. The number of amides is 1. The Labute approximate surface area is 89.3 Å². The van der Waals surface area contributed by atoms with Crippen molar-refractivity contribution in [3.05, 3.63) is 29.4 Å². The maximum atomic E-state index is 11.5. The molecule has 2 heterocycles. The molecule has 0 fully saturated rings. The number of nitrogens with two attached hydrogens (primary N) is 1. The molecule has 0 aliphatic rings. The molecule has 15 heavy (non-hydrogen) atoms. The van der Waals surface area contributed by atoms with E-state index in [1.807, 2.05) is 0 Å². The van der Waals surface area contributed by atoms with Gasteiger partial charge in [0, 0.05) is 11.6 Å². The van der Waals surface area contributed by atoms with Crippen LogP contribution in [0.4, 0.5) is 11.5 Å². The van der Waals surface area contributed by atoms with Crippen molar-refractivity contribution < 1.29 is 4.79 Å². The Morgan fingerprint density at radius 1 is 1.53 bits per heavy atom. The summed E-state index contributed by atoms with van der Waals surface area (Å²) in [5.41, 5.74) is 6.28. The predicted molar refractivity (Wildman–Crippen MR) is 56.5 cm³/mol. The second kappa shape index (κ2) is 4.01. The molecule has 76 valence electrons. The van der Waals surface area contributed by atoms with Crippen LogP contribution in [-0.2, 0) is 0 Å². The van der Waals surface area contributed by atoms with Gasteiger partial charge in [0.2, 0.25) is 0 Å². The Bertz CT molecular complexity index is 470. The van der Waals surface area contributed by atoms with E-state index in [-0.39, 0.29) is 11.6 Å². The molecule has 7 heteroatoms. The van der Waals surface area contributed by atoms with Gasteiger partial charge in [-0.2, -0.15) is 0 Å². The van der Waals surface area contributed by atoms with Crippen LogP contribution in [0.5, 0.6) is 0 Å². The Hall–Kier alpha value is -2.02. The summed E-state index contributed by atoms with van der Waals surface area (Å²) in [6.45, 7) is 0. The lowest BCUT2D eigenvalue weighted by Crippen LogP contribution is -2.14. The lowest BCUT2D eigenvalue weighted by molar-refractivity contribution is 0.102. The number of nitrogens with zero attached hydrogens (tertiary/aromatic N) is 3. The topological polar surface area (TPSA) is 93.8 Å². The molecule has 0 aliphatic carbocycles. The molecule has 2 rings (SSSR count). The molecule has 0 saturated carbocycles. The van der Waals surface area contributed by atoms with E-state index in [0.717, 1.165) is 11.5 Å². The van der Waals surface area contributed by atoms with Crippen LogP contribution in [-0.4, -0.2) is 20.5 Å². The number of carbonyl (C=O) groups is 1. The van der Waals surface area contributed by atoms with Crippen molar-refractivity contribution in [2.75, 3.05) is 11.1 Å². The first kappa shape index (κ1) is 9.53. The number of rotatable bonds is 2. The normalized spacial score (nSPS) is 9.87. The van der Waals surface area contributed by atoms with Gasteiger partial charge in [-0.15, -0.1) is 5.10 Å². The second-order valence-electron chi connectivity index (χ2n) is 2.69. The van der Waals surface area contributed by atoms with Crippen molar-refractivity contribution in [2.45, 2.75) is 0 Å². The van der Waals surface area contributed by atoms with Crippen molar-refractivity contribution in [3.8, 4) is 0 Å². The van der Waals surface area contributed by atoms with Crippen LogP contribution >= 0.6 is 11.5 Å². The van der Waals surface area contributed by atoms with Crippen molar-refractivity contribution in [3.63, 3.8) is 0 Å². The molecule has 6 nitrogen and oxygen atoms in total. The Morgan fingerprint density at radius 2 is 2.40 bits per heavy atom. The number of pyridine rings is 1. The molecule has 0 unspecified atom stereocenters. The highest BCUT2D eigenvalue weighted by molar-refractivity contribution is 7.03. The number of nitrogen functional groups attached to an aromatic ring is 1. The number of hydrogen-bond donors (Lipinski definition) is 2. The van der Waals surface area contributed by atoms with Gasteiger partial charge in [0.1, 0.15) is 0 Å². The third-order valence-electron chi connectivity index (χ3n) is 1.66. The van der Waals surface area contributed by atoms with Crippen molar-refractivity contribution in [1.82, 2.24) is 14.6 Å². The summed E-state index contributed by atoms with van der Waals surface area (Å²) < 4.78 is 3.59. The second-order valence-corrected chi connectivity index (χ2v) is 3.30. The monoisotopic (exact) mass is 221 g/mol. The first-order chi connectivity index (χ1) is 7.27. The van der Waals surface area contributed by atoms with Gasteiger partial charge in [-0.05, 0) is 23.7 Å². The summed E-state index contributed by atoms with van der Waals surface area (Å²) in [6.07, 6.45) is 1.55. The lowest BCUT2D eigenvalue weighted by Gasteiger charge is -2.03. The van der Waals surface area contributed by atoms with Crippen LogP contribution in [0.2, 0.25) is 0 Å². The van der Waals surface area contributed by atoms with Crippen molar-refractivity contribution in [2.24, 2.45) is 0 Å². The average Bonchev–Trinajstić information content (AvgIpc) is 2.74. The van der Waals surface area contributed by atoms with Gasteiger partial charge < -0.3 is 11.1 Å². The maximum absolute atomic E-state index is 11.5. The fourth-order valence-electron chi connectivity index (χ4n) is 0.957. The minimum atomic E-state index is -0.367. The summed E-state index contributed by atoms with van der Waals surface area (Å²) >= 11 is 1.11. The van der Waals surface area contributed by atoms with E-state index >= 15 is 0 Å². The van der Waals surface area contributed by atoms with Gasteiger partial charge in [-0.25, -0.2) is 4.98 Å². The number of nitrogens with one attached hydrogen (secondary N) is 1. The lowest BCUT2D eigenvalue weighted by atomic mass is 10.4. The number of anilines is 2. The molecule has 2 aromatic heterocycles. The largest absolute Gasteiger partial charge is 0.396 e. The predicted octanol–water partition coefficient (Wildman–Crippen LogP) is 0.768. The molecule has 0 aliphatic heterocycles. The smallest absolute Gasteiger partial charge is 0.278 e. The molecule has 0 radical (unpaired) electrons. The van der Waals surface area contributed by atoms with E-state index in [2.05, 4.69) is 19.9 Å². The molecule has 2 aromatic rings. The van der Waals surface area contributed by atoms with Crippen LogP contribution in [0.3, 0.4) is 0 Å². The van der Waals surface area contributed by atoms with Gasteiger partial charge in [-0.3, -0.25) is 4.79 Å².